The molecule has 32 heavy (non-hydrogen) atoms. The van der Waals surface area contributed by atoms with Gasteiger partial charge in [0.1, 0.15) is 12.2 Å². The SMILES string of the molecule is O=C(NCc1ccc(C(F)(F)F)cc1)[C@H]1C[C@H](F)CN1C(=O)[C@H]1CCCN(S(=O)(=O)Cl)C1. The third-order valence-corrected chi connectivity index (χ3v) is 7.16. The third-order valence-electron chi connectivity index (χ3n) is 5.63. The molecule has 2 aliphatic rings. The number of carbonyl (C=O) groups excluding carboxylic acids is 2. The Hall–Kier alpha value is -1.92. The van der Waals surface area contributed by atoms with Gasteiger partial charge in [-0.3, -0.25) is 9.59 Å². The van der Waals surface area contributed by atoms with E-state index in [0.717, 1.165) is 21.3 Å². The molecule has 2 fully saturated rings. The largest absolute Gasteiger partial charge is 0.416 e. The van der Waals surface area contributed by atoms with E-state index in [0.29, 0.717) is 18.4 Å². The first-order valence-electron chi connectivity index (χ1n) is 9.94. The van der Waals surface area contributed by atoms with E-state index in [-0.39, 0.29) is 32.6 Å². The standard InChI is InChI=1S/C19H22ClF4N3O4S/c20-32(30,31)26-7-1-2-13(10-26)18(29)27-11-15(21)8-16(27)17(28)25-9-12-3-5-14(6-4-12)19(22,23)24/h3-6,13,15-16H,1-2,7-11H2,(H,25,28)/t13-,15-,16+/m0/s1. The zero-order valence-corrected chi connectivity index (χ0v) is 18.4. The monoisotopic (exact) mass is 499 g/mol. The van der Waals surface area contributed by atoms with Crippen molar-refractivity contribution in [3.05, 3.63) is 35.4 Å². The Morgan fingerprint density at radius 2 is 1.81 bits per heavy atom. The molecule has 0 saturated carbocycles. The molecule has 0 unspecified atom stereocenters. The van der Waals surface area contributed by atoms with E-state index in [1.807, 2.05) is 0 Å². The number of hydrogen-bond donors (Lipinski definition) is 1. The second kappa shape index (κ2) is 9.52. The maximum absolute atomic E-state index is 14.1. The van der Waals surface area contributed by atoms with Crippen LogP contribution in [0.5, 0.6) is 0 Å². The summed E-state index contributed by atoms with van der Waals surface area (Å²) in [6.45, 7) is -0.341. The highest BCUT2D eigenvalue weighted by atomic mass is 35.7. The molecule has 1 aromatic rings. The maximum Gasteiger partial charge on any atom is 0.416 e. The van der Waals surface area contributed by atoms with Crippen LogP contribution in [0.15, 0.2) is 24.3 Å². The Balaban J connectivity index is 1.63. The van der Waals surface area contributed by atoms with Crippen LogP contribution in [0.1, 0.15) is 30.4 Å². The van der Waals surface area contributed by atoms with Gasteiger partial charge < -0.3 is 10.2 Å². The van der Waals surface area contributed by atoms with Gasteiger partial charge >= 0.3 is 6.18 Å². The lowest BCUT2D eigenvalue weighted by Gasteiger charge is -2.33. The summed E-state index contributed by atoms with van der Waals surface area (Å²) in [5, 5.41) is 2.53. The van der Waals surface area contributed by atoms with Gasteiger partial charge in [-0.25, -0.2) is 4.39 Å². The minimum atomic E-state index is -4.47. The molecular weight excluding hydrogens is 478 g/mol. The zero-order chi connectivity index (χ0) is 23.7. The highest BCUT2D eigenvalue weighted by Crippen LogP contribution is 2.30. The number of nitrogens with one attached hydrogen (secondary N) is 1. The van der Waals surface area contributed by atoms with Crippen molar-refractivity contribution in [3.8, 4) is 0 Å². The normalized spacial score (nSPS) is 25.0. The molecule has 0 aromatic heterocycles. The number of piperidine rings is 1. The fourth-order valence-electron chi connectivity index (χ4n) is 3.97. The molecule has 0 aliphatic carbocycles. The Morgan fingerprint density at radius 3 is 2.41 bits per heavy atom. The first kappa shape index (κ1) is 24.7. The highest BCUT2D eigenvalue weighted by molar-refractivity contribution is 8.11. The number of hydrogen-bond acceptors (Lipinski definition) is 4. The van der Waals surface area contributed by atoms with E-state index in [2.05, 4.69) is 5.32 Å². The molecule has 2 saturated heterocycles. The van der Waals surface area contributed by atoms with Crippen LogP contribution < -0.4 is 5.32 Å². The average molecular weight is 500 g/mol. The van der Waals surface area contributed by atoms with E-state index in [1.54, 1.807) is 0 Å². The summed E-state index contributed by atoms with van der Waals surface area (Å²) in [6, 6.07) is 3.15. The van der Waals surface area contributed by atoms with Gasteiger partial charge in [-0.1, -0.05) is 12.1 Å². The van der Waals surface area contributed by atoms with Gasteiger partial charge in [0.15, 0.2) is 0 Å². The summed E-state index contributed by atoms with van der Waals surface area (Å²) < 4.78 is 76.2. The second-order valence-corrected chi connectivity index (χ2v) is 10.4. The summed E-state index contributed by atoms with van der Waals surface area (Å²) in [5.74, 6) is -1.89. The number of benzene rings is 1. The van der Waals surface area contributed by atoms with E-state index in [4.69, 9.17) is 10.7 Å². The number of carbonyl (C=O) groups is 2. The number of likely N-dealkylation sites (tertiary alicyclic amines) is 1. The van der Waals surface area contributed by atoms with Crippen molar-refractivity contribution in [2.45, 2.75) is 44.2 Å². The van der Waals surface area contributed by atoms with Crippen molar-refractivity contribution in [1.82, 2.24) is 14.5 Å². The Morgan fingerprint density at radius 1 is 1.16 bits per heavy atom. The predicted octanol–water partition coefficient (Wildman–Crippen LogP) is 2.46. The number of rotatable bonds is 5. The molecule has 0 radical (unpaired) electrons. The molecule has 2 aliphatic heterocycles. The van der Waals surface area contributed by atoms with Gasteiger partial charge in [-0.05, 0) is 30.5 Å². The molecule has 7 nitrogen and oxygen atoms in total. The van der Waals surface area contributed by atoms with Crippen LogP contribution in [0.4, 0.5) is 17.6 Å². The maximum atomic E-state index is 14.1. The lowest BCUT2D eigenvalue weighted by molar-refractivity contribution is -0.142. The molecule has 1 N–H and O–H groups in total. The predicted molar refractivity (Wildman–Crippen MR) is 107 cm³/mol. The summed E-state index contributed by atoms with van der Waals surface area (Å²) in [6.07, 6.45) is -5.32. The van der Waals surface area contributed by atoms with Crippen molar-refractivity contribution >= 4 is 31.7 Å². The molecule has 3 rings (SSSR count). The quantitative estimate of drug-likeness (QED) is 0.498. The van der Waals surface area contributed by atoms with E-state index in [9.17, 15) is 35.6 Å². The van der Waals surface area contributed by atoms with E-state index in [1.165, 1.54) is 12.1 Å². The van der Waals surface area contributed by atoms with Gasteiger partial charge in [0.05, 0.1) is 18.0 Å². The molecule has 0 bridgehead atoms. The van der Waals surface area contributed by atoms with Gasteiger partial charge in [-0.15, -0.1) is 0 Å². The minimum Gasteiger partial charge on any atom is -0.350 e. The van der Waals surface area contributed by atoms with Gasteiger partial charge in [0, 0.05) is 36.7 Å². The van der Waals surface area contributed by atoms with Crippen molar-refractivity contribution in [2.24, 2.45) is 5.92 Å². The van der Waals surface area contributed by atoms with Crippen LogP contribution >= 0.6 is 10.7 Å². The molecule has 178 valence electrons. The number of amides is 2. The van der Waals surface area contributed by atoms with Crippen LogP contribution in [0.2, 0.25) is 0 Å². The van der Waals surface area contributed by atoms with Crippen LogP contribution in [0.3, 0.4) is 0 Å². The van der Waals surface area contributed by atoms with Crippen LogP contribution in [-0.4, -0.2) is 61.3 Å². The van der Waals surface area contributed by atoms with Crippen LogP contribution in [0.25, 0.3) is 0 Å². The Bertz CT molecular complexity index is 958. The topological polar surface area (TPSA) is 86.8 Å². The lowest BCUT2D eigenvalue weighted by Crippen LogP contribution is -2.51. The van der Waals surface area contributed by atoms with Gasteiger partial charge in [-0.2, -0.15) is 25.9 Å². The molecule has 0 spiro atoms. The number of halogens is 5. The Labute approximate surface area is 187 Å². The van der Waals surface area contributed by atoms with Crippen molar-refractivity contribution in [3.63, 3.8) is 0 Å². The van der Waals surface area contributed by atoms with Crippen molar-refractivity contribution in [1.29, 1.82) is 0 Å². The molecular formula is C19H22ClF4N3O4S. The summed E-state index contributed by atoms with van der Waals surface area (Å²) in [4.78, 5) is 26.7. The summed E-state index contributed by atoms with van der Waals surface area (Å²) >= 11 is 0. The lowest BCUT2D eigenvalue weighted by atomic mass is 9.97. The fraction of sp³-hybridized carbons (Fsp3) is 0.579. The second-order valence-electron chi connectivity index (χ2n) is 7.89. The summed E-state index contributed by atoms with van der Waals surface area (Å²) in [7, 11) is 1.37. The molecule has 13 heteroatoms. The van der Waals surface area contributed by atoms with Crippen molar-refractivity contribution in [2.75, 3.05) is 19.6 Å². The molecule has 3 atom stereocenters. The molecule has 2 heterocycles. The highest BCUT2D eigenvalue weighted by Gasteiger charge is 2.43. The van der Waals surface area contributed by atoms with Gasteiger partial charge in [0.2, 0.25) is 11.8 Å². The third kappa shape index (κ3) is 5.90. The minimum absolute atomic E-state index is 0.0891. The fourth-order valence-corrected chi connectivity index (χ4v) is 5.05. The number of nitrogens with zero attached hydrogens (tertiary/aromatic N) is 2. The van der Waals surface area contributed by atoms with E-state index >= 15 is 0 Å². The Kier molecular flexibility index (Phi) is 7.35. The molecule has 2 amide bonds. The summed E-state index contributed by atoms with van der Waals surface area (Å²) in [5.41, 5.74) is -0.407. The van der Waals surface area contributed by atoms with Crippen molar-refractivity contribution < 1.29 is 35.6 Å². The number of alkyl halides is 4. The smallest absolute Gasteiger partial charge is 0.350 e. The average Bonchev–Trinajstić information content (AvgIpc) is 3.12. The van der Waals surface area contributed by atoms with Gasteiger partial charge in [0.25, 0.3) is 9.24 Å². The first-order chi connectivity index (χ1) is 14.9. The zero-order valence-electron chi connectivity index (χ0n) is 16.8. The first-order valence-corrected chi connectivity index (χ1v) is 12.2. The van der Waals surface area contributed by atoms with Crippen LogP contribution in [0, 0.1) is 5.92 Å². The molecule has 1 aromatic carbocycles. The van der Waals surface area contributed by atoms with Crippen LogP contribution in [-0.2, 0) is 31.5 Å². The van der Waals surface area contributed by atoms with E-state index < -0.39 is 50.9 Å².